The zero-order chi connectivity index (χ0) is 14.0. The maximum atomic E-state index is 11.9. The number of alkyl halides is 3. The van der Waals surface area contributed by atoms with Gasteiger partial charge in [-0.2, -0.15) is 17.5 Å². The summed E-state index contributed by atoms with van der Waals surface area (Å²) in [6, 6.07) is 5.74. The van der Waals surface area contributed by atoms with E-state index in [0.29, 0.717) is 0 Å². The number of sulfonamides is 1. The Bertz CT molecular complexity index is 543. The number of hydrogen-bond donors (Lipinski definition) is 1. The molecule has 1 aromatic carbocycles. The quantitative estimate of drug-likeness (QED) is 0.600. The van der Waals surface area contributed by atoms with Gasteiger partial charge < -0.3 is 0 Å². The van der Waals surface area contributed by atoms with E-state index >= 15 is 0 Å². The minimum Gasteiger partial charge on any atom is -0.223 e. The Kier molecular flexibility index (Phi) is 5.11. The van der Waals surface area contributed by atoms with Crippen LogP contribution in [-0.2, 0) is 25.4 Å². The lowest BCUT2D eigenvalue weighted by Crippen LogP contribution is -2.36. The Labute approximate surface area is 117 Å². The Balaban J connectivity index is 2.71. The van der Waals surface area contributed by atoms with Gasteiger partial charge in [-0.25, -0.2) is 12.6 Å². The molecule has 0 radical (unpaired) electrons. The molecule has 0 bridgehead atoms. The van der Waals surface area contributed by atoms with E-state index in [0.717, 1.165) is 8.46 Å². The van der Waals surface area contributed by atoms with Crippen LogP contribution in [0.2, 0.25) is 0 Å². The summed E-state index contributed by atoms with van der Waals surface area (Å²) in [4.78, 5) is 0.785. The summed E-state index contributed by atoms with van der Waals surface area (Å²) in [6.07, 6.45) is 0. The van der Waals surface area contributed by atoms with Gasteiger partial charge in [-0.05, 0) is 46.9 Å². The van der Waals surface area contributed by atoms with Crippen molar-refractivity contribution >= 4 is 43.7 Å². The fourth-order valence-corrected chi connectivity index (χ4v) is 2.23. The van der Waals surface area contributed by atoms with Crippen LogP contribution in [0, 0.1) is 3.57 Å². The van der Waals surface area contributed by atoms with E-state index in [2.05, 4.69) is 4.28 Å². The van der Waals surface area contributed by atoms with Gasteiger partial charge in [0.05, 0.1) is 4.90 Å². The zero-order valence-electron chi connectivity index (χ0n) is 8.27. The Morgan fingerprint density at radius 3 is 2.17 bits per heavy atom. The monoisotopic (exact) mass is 415 g/mol. The van der Waals surface area contributed by atoms with Crippen LogP contribution in [-0.4, -0.2) is 18.1 Å². The van der Waals surface area contributed by atoms with E-state index in [1.54, 1.807) is 0 Å². The van der Waals surface area contributed by atoms with Gasteiger partial charge in [0.1, 0.15) is 0 Å². The summed E-state index contributed by atoms with van der Waals surface area (Å²) in [5.74, 6) is 0. The highest BCUT2D eigenvalue weighted by Crippen LogP contribution is 2.22. The Morgan fingerprint density at radius 1 is 1.22 bits per heavy atom. The summed E-state index contributed by atoms with van der Waals surface area (Å²) >= 11 is -0.402. The number of halogens is 4. The van der Waals surface area contributed by atoms with Crippen LogP contribution in [0.25, 0.3) is 0 Å². The summed E-state index contributed by atoms with van der Waals surface area (Å²) in [6.45, 7) is 0. The minimum absolute atomic E-state index is 0.0280. The van der Waals surface area contributed by atoms with E-state index in [9.17, 15) is 25.8 Å². The van der Waals surface area contributed by atoms with Crippen LogP contribution in [0.15, 0.2) is 29.2 Å². The van der Waals surface area contributed by atoms with E-state index in [1.807, 2.05) is 22.6 Å². The average Bonchev–Trinajstić information content (AvgIpc) is 2.25. The van der Waals surface area contributed by atoms with Gasteiger partial charge in [0.2, 0.25) is 11.1 Å². The average molecular weight is 415 g/mol. The summed E-state index contributed by atoms with van der Waals surface area (Å²) in [5.41, 5.74) is -5.52. The standard InChI is InChI=1S/C7H5F3INO4S2/c8-7(9,10)18(14,15)12-16-17(13)6-3-1-5(11)2-4-6/h1-4,12H. The predicted molar refractivity (Wildman–Crippen MR) is 64.8 cm³/mol. The molecule has 0 spiro atoms. The maximum Gasteiger partial charge on any atom is 0.513 e. The lowest BCUT2D eigenvalue weighted by molar-refractivity contribution is -0.0474. The van der Waals surface area contributed by atoms with Crippen molar-refractivity contribution in [2.24, 2.45) is 0 Å². The largest absolute Gasteiger partial charge is 0.513 e. The van der Waals surface area contributed by atoms with Crippen molar-refractivity contribution in [3.63, 3.8) is 0 Å². The van der Waals surface area contributed by atoms with E-state index in [1.165, 1.54) is 24.3 Å². The van der Waals surface area contributed by atoms with E-state index in [-0.39, 0.29) is 4.90 Å². The maximum absolute atomic E-state index is 11.9. The fourth-order valence-electron chi connectivity index (χ4n) is 0.717. The van der Waals surface area contributed by atoms with Crippen LogP contribution in [0.5, 0.6) is 0 Å². The van der Waals surface area contributed by atoms with Gasteiger partial charge >= 0.3 is 15.5 Å². The molecule has 102 valence electrons. The zero-order valence-corrected chi connectivity index (χ0v) is 12.1. The van der Waals surface area contributed by atoms with Crippen LogP contribution >= 0.6 is 22.6 Å². The van der Waals surface area contributed by atoms with Crippen LogP contribution < -0.4 is 4.89 Å². The van der Waals surface area contributed by atoms with Crippen molar-refractivity contribution in [2.45, 2.75) is 10.4 Å². The number of nitrogens with one attached hydrogen (secondary N) is 1. The molecule has 0 aliphatic heterocycles. The molecule has 0 aliphatic carbocycles. The molecule has 0 heterocycles. The van der Waals surface area contributed by atoms with Crippen LogP contribution in [0.4, 0.5) is 13.2 Å². The third-order valence-corrected chi connectivity index (χ3v) is 4.16. The van der Waals surface area contributed by atoms with Crippen molar-refractivity contribution < 1.29 is 30.1 Å². The molecule has 11 heteroatoms. The van der Waals surface area contributed by atoms with Gasteiger partial charge in [0.25, 0.3) is 0 Å². The highest BCUT2D eigenvalue weighted by Gasteiger charge is 2.46. The Hall–Kier alpha value is -0.240. The number of rotatable bonds is 4. The fraction of sp³-hybridized carbons (Fsp3) is 0.143. The summed E-state index contributed by atoms with van der Waals surface area (Å²) in [7, 11) is -5.68. The molecule has 0 aliphatic rings. The predicted octanol–water partition coefficient (Wildman–Crippen LogP) is 1.68. The molecule has 5 nitrogen and oxygen atoms in total. The van der Waals surface area contributed by atoms with Gasteiger partial charge in [-0.1, -0.05) is 4.89 Å². The first-order valence-corrected chi connectivity index (χ1v) is 7.70. The van der Waals surface area contributed by atoms with Gasteiger partial charge in [-0.3, -0.25) is 0 Å². The minimum atomic E-state index is -5.68. The van der Waals surface area contributed by atoms with Crippen molar-refractivity contribution in [3.05, 3.63) is 27.8 Å². The molecular formula is C7H5F3INO4S2. The molecule has 1 unspecified atom stereocenters. The second kappa shape index (κ2) is 5.81. The molecule has 0 amide bonds. The van der Waals surface area contributed by atoms with Gasteiger partial charge in [0, 0.05) is 3.57 Å². The number of benzene rings is 1. The summed E-state index contributed by atoms with van der Waals surface area (Å²) in [5, 5.41) is 0. The summed E-state index contributed by atoms with van der Waals surface area (Å²) < 4.78 is 72.9. The molecule has 0 fully saturated rings. The Morgan fingerprint density at radius 2 is 1.72 bits per heavy atom. The molecule has 18 heavy (non-hydrogen) atoms. The van der Waals surface area contributed by atoms with Crippen LogP contribution in [0.1, 0.15) is 0 Å². The van der Waals surface area contributed by atoms with Crippen molar-refractivity contribution in [3.8, 4) is 0 Å². The highest BCUT2D eigenvalue weighted by molar-refractivity contribution is 14.1. The molecular weight excluding hydrogens is 410 g/mol. The molecule has 1 aromatic rings. The first kappa shape index (κ1) is 15.8. The molecule has 0 aromatic heterocycles. The van der Waals surface area contributed by atoms with Gasteiger partial charge in [-0.15, -0.1) is 0 Å². The molecule has 1 N–H and O–H groups in total. The molecule has 1 atom stereocenters. The van der Waals surface area contributed by atoms with Gasteiger partial charge in [0.15, 0.2) is 0 Å². The molecule has 1 rings (SSSR count). The van der Waals surface area contributed by atoms with Crippen molar-refractivity contribution in [1.29, 1.82) is 0 Å². The lowest BCUT2D eigenvalue weighted by Gasteiger charge is -2.08. The number of hydrogen-bond acceptors (Lipinski definition) is 4. The first-order chi connectivity index (χ1) is 8.13. The second-order valence-electron chi connectivity index (χ2n) is 2.80. The highest BCUT2D eigenvalue weighted by atomic mass is 127. The smallest absolute Gasteiger partial charge is 0.223 e. The third-order valence-electron chi connectivity index (χ3n) is 1.53. The first-order valence-electron chi connectivity index (χ1n) is 4.06. The molecule has 0 saturated heterocycles. The molecule has 0 saturated carbocycles. The van der Waals surface area contributed by atoms with Crippen LogP contribution in [0.3, 0.4) is 0 Å². The second-order valence-corrected chi connectivity index (χ2v) is 6.79. The topological polar surface area (TPSA) is 72.5 Å². The third kappa shape index (κ3) is 4.15. The van der Waals surface area contributed by atoms with E-state index < -0.39 is 26.6 Å². The van der Waals surface area contributed by atoms with E-state index in [4.69, 9.17) is 0 Å². The van der Waals surface area contributed by atoms with Crippen molar-refractivity contribution in [2.75, 3.05) is 0 Å². The van der Waals surface area contributed by atoms with Crippen molar-refractivity contribution in [1.82, 2.24) is 4.89 Å². The normalized spacial score (nSPS) is 14.4. The SMILES string of the molecule is O=S(ONS(=O)(=O)C(F)(F)F)c1ccc(I)cc1. The lowest BCUT2D eigenvalue weighted by atomic mass is 10.4.